The summed E-state index contributed by atoms with van der Waals surface area (Å²) >= 11 is 0. The lowest BCUT2D eigenvalue weighted by Crippen LogP contribution is -2.45. The number of fused-ring (bicyclic) bond motifs is 1. The summed E-state index contributed by atoms with van der Waals surface area (Å²) in [4.78, 5) is 26.9. The molecule has 2 heterocycles. The molecule has 0 aliphatic carbocycles. The molecule has 1 aliphatic rings. The fourth-order valence-electron chi connectivity index (χ4n) is 2.73. The first kappa shape index (κ1) is 13.7. The van der Waals surface area contributed by atoms with Gasteiger partial charge in [-0.25, -0.2) is 0 Å². The number of H-pyrrole nitrogens is 1. The summed E-state index contributed by atoms with van der Waals surface area (Å²) in [5.74, 6) is -0.839. The van der Waals surface area contributed by atoms with Crippen molar-refractivity contribution in [3.63, 3.8) is 0 Å². The third-order valence-electron chi connectivity index (χ3n) is 3.88. The Morgan fingerprint density at radius 2 is 2.19 bits per heavy atom. The maximum Gasteiger partial charge on any atom is 0.232 e. The van der Waals surface area contributed by atoms with E-state index < -0.39 is 5.92 Å². The number of amides is 2. The minimum absolute atomic E-state index is 0.149. The smallest absolute Gasteiger partial charge is 0.232 e. The number of carbonyl (C=O) groups excluding carboxylic acids is 2. The second kappa shape index (κ2) is 5.99. The van der Waals surface area contributed by atoms with Crippen LogP contribution in [-0.4, -0.2) is 29.9 Å². The van der Waals surface area contributed by atoms with Gasteiger partial charge in [-0.1, -0.05) is 18.2 Å². The van der Waals surface area contributed by atoms with Crippen LogP contribution in [0.1, 0.15) is 18.5 Å². The number of rotatable bonds is 4. The SMILES string of the molecule is O=C1NCCCC1C(=O)NCCc1cc2ccccc2[nH]1. The zero-order chi connectivity index (χ0) is 14.7. The predicted octanol–water partition coefficient (Wildman–Crippen LogP) is 1.35. The molecule has 5 nitrogen and oxygen atoms in total. The van der Waals surface area contributed by atoms with Crippen molar-refractivity contribution in [1.29, 1.82) is 0 Å². The molecule has 2 amide bonds. The first-order valence-electron chi connectivity index (χ1n) is 7.36. The van der Waals surface area contributed by atoms with E-state index in [0.717, 1.165) is 24.1 Å². The predicted molar refractivity (Wildman–Crippen MR) is 80.7 cm³/mol. The van der Waals surface area contributed by atoms with E-state index in [0.29, 0.717) is 19.5 Å². The third kappa shape index (κ3) is 3.07. The number of hydrogen-bond acceptors (Lipinski definition) is 2. The maximum absolute atomic E-state index is 12.0. The van der Waals surface area contributed by atoms with Crippen LogP contribution in [0.4, 0.5) is 0 Å². The van der Waals surface area contributed by atoms with Crippen molar-refractivity contribution in [2.24, 2.45) is 5.92 Å². The molecule has 1 unspecified atom stereocenters. The molecule has 3 rings (SSSR count). The molecule has 5 heteroatoms. The molecule has 110 valence electrons. The van der Waals surface area contributed by atoms with Crippen molar-refractivity contribution in [3.05, 3.63) is 36.0 Å². The summed E-state index contributed by atoms with van der Waals surface area (Å²) in [5, 5.41) is 6.76. The van der Waals surface area contributed by atoms with Crippen LogP contribution < -0.4 is 10.6 Å². The van der Waals surface area contributed by atoms with Crippen molar-refractivity contribution >= 4 is 22.7 Å². The van der Waals surface area contributed by atoms with E-state index in [-0.39, 0.29) is 11.8 Å². The molecule has 0 bridgehead atoms. The number of carbonyl (C=O) groups is 2. The zero-order valence-corrected chi connectivity index (χ0v) is 11.8. The number of benzene rings is 1. The zero-order valence-electron chi connectivity index (χ0n) is 11.8. The van der Waals surface area contributed by atoms with Crippen molar-refractivity contribution in [3.8, 4) is 0 Å². The van der Waals surface area contributed by atoms with Crippen LogP contribution in [0.3, 0.4) is 0 Å². The summed E-state index contributed by atoms with van der Waals surface area (Å²) in [6.07, 6.45) is 2.24. The molecule has 1 aliphatic heterocycles. The Labute approximate surface area is 123 Å². The van der Waals surface area contributed by atoms with Gasteiger partial charge in [0.15, 0.2) is 0 Å². The highest BCUT2D eigenvalue weighted by atomic mass is 16.2. The Balaban J connectivity index is 1.53. The highest BCUT2D eigenvalue weighted by molar-refractivity contribution is 6.00. The monoisotopic (exact) mass is 285 g/mol. The topological polar surface area (TPSA) is 74.0 Å². The quantitative estimate of drug-likeness (QED) is 0.742. The Hall–Kier alpha value is -2.30. The second-order valence-corrected chi connectivity index (χ2v) is 5.41. The van der Waals surface area contributed by atoms with E-state index in [2.05, 4.69) is 27.8 Å². The van der Waals surface area contributed by atoms with Gasteiger partial charge in [-0.15, -0.1) is 0 Å². The average molecular weight is 285 g/mol. The summed E-state index contributed by atoms with van der Waals surface area (Å²) < 4.78 is 0. The Morgan fingerprint density at radius 1 is 1.33 bits per heavy atom. The van der Waals surface area contributed by atoms with Crippen LogP contribution >= 0.6 is 0 Å². The lowest BCUT2D eigenvalue weighted by molar-refractivity contribution is -0.136. The molecule has 0 radical (unpaired) electrons. The summed E-state index contributed by atoms with van der Waals surface area (Å²) in [7, 11) is 0. The molecule has 3 N–H and O–H groups in total. The average Bonchev–Trinajstić information content (AvgIpc) is 2.90. The van der Waals surface area contributed by atoms with E-state index in [1.165, 1.54) is 5.39 Å². The molecule has 1 fully saturated rings. The molecule has 1 aromatic carbocycles. The molecule has 21 heavy (non-hydrogen) atoms. The molecule has 2 aromatic rings. The van der Waals surface area contributed by atoms with E-state index in [1.807, 2.05) is 18.2 Å². The lowest BCUT2D eigenvalue weighted by Gasteiger charge is -2.20. The second-order valence-electron chi connectivity index (χ2n) is 5.41. The summed E-state index contributed by atoms with van der Waals surface area (Å²) in [6, 6.07) is 10.2. The van der Waals surface area contributed by atoms with Gasteiger partial charge in [-0.05, 0) is 30.4 Å². The van der Waals surface area contributed by atoms with Crippen LogP contribution in [0.15, 0.2) is 30.3 Å². The normalized spacial score (nSPS) is 18.5. The van der Waals surface area contributed by atoms with Gasteiger partial charge in [0.2, 0.25) is 11.8 Å². The minimum atomic E-state index is -0.526. The maximum atomic E-state index is 12.0. The first-order valence-corrected chi connectivity index (χ1v) is 7.36. The number of nitrogens with one attached hydrogen (secondary N) is 3. The number of para-hydroxylation sites is 1. The first-order chi connectivity index (χ1) is 10.2. The summed E-state index contributed by atoms with van der Waals surface area (Å²) in [6.45, 7) is 1.22. The van der Waals surface area contributed by atoms with Crippen molar-refractivity contribution < 1.29 is 9.59 Å². The van der Waals surface area contributed by atoms with Gasteiger partial charge >= 0.3 is 0 Å². The number of hydrogen-bond donors (Lipinski definition) is 3. The van der Waals surface area contributed by atoms with Gasteiger partial charge in [-0.3, -0.25) is 9.59 Å². The summed E-state index contributed by atoms with van der Waals surface area (Å²) in [5.41, 5.74) is 2.19. The van der Waals surface area contributed by atoms with Crippen LogP contribution in [0, 0.1) is 5.92 Å². The molecule has 0 spiro atoms. The minimum Gasteiger partial charge on any atom is -0.358 e. The van der Waals surface area contributed by atoms with E-state index in [1.54, 1.807) is 0 Å². The van der Waals surface area contributed by atoms with E-state index >= 15 is 0 Å². The fourth-order valence-corrected chi connectivity index (χ4v) is 2.73. The molecule has 1 atom stereocenters. The van der Waals surface area contributed by atoms with E-state index in [9.17, 15) is 9.59 Å². The fraction of sp³-hybridized carbons (Fsp3) is 0.375. The number of aromatic amines is 1. The Kier molecular flexibility index (Phi) is 3.90. The van der Waals surface area contributed by atoms with E-state index in [4.69, 9.17) is 0 Å². The van der Waals surface area contributed by atoms with Crippen LogP contribution in [0.2, 0.25) is 0 Å². The highest BCUT2D eigenvalue weighted by Crippen LogP contribution is 2.15. The van der Waals surface area contributed by atoms with Gasteiger partial charge in [0.1, 0.15) is 5.92 Å². The van der Waals surface area contributed by atoms with Crippen molar-refractivity contribution in [1.82, 2.24) is 15.6 Å². The molecule has 1 saturated heterocycles. The van der Waals surface area contributed by atoms with Gasteiger partial charge in [0, 0.05) is 30.7 Å². The Morgan fingerprint density at radius 3 is 3.00 bits per heavy atom. The van der Waals surface area contributed by atoms with Gasteiger partial charge < -0.3 is 15.6 Å². The lowest BCUT2D eigenvalue weighted by atomic mass is 9.98. The molecule has 0 saturated carbocycles. The molecular formula is C16H19N3O2. The Bertz CT molecular complexity index is 629. The number of piperidine rings is 1. The van der Waals surface area contributed by atoms with Gasteiger partial charge in [0.25, 0.3) is 0 Å². The van der Waals surface area contributed by atoms with Gasteiger partial charge in [0.05, 0.1) is 0 Å². The van der Waals surface area contributed by atoms with Crippen LogP contribution in [0.5, 0.6) is 0 Å². The third-order valence-corrected chi connectivity index (χ3v) is 3.88. The van der Waals surface area contributed by atoms with Crippen LogP contribution in [0.25, 0.3) is 10.9 Å². The van der Waals surface area contributed by atoms with Crippen molar-refractivity contribution in [2.75, 3.05) is 13.1 Å². The van der Waals surface area contributed by atoms with Crippen LogP contribution in [-0.2, 0) is 16.0 Å². The highest BCUT2D eigenvalue weighted by Gasteiger charge is 2.28. The molecular weight excluding hydrogens is 266 g/mol. The van der Waals surface area contributed by atoms with Gasteiger partial charge in [-0.2, -0.15) is 0 Å². The largest absolute Gasteiger partial charge is 0.358 e. The molecule has 1 aromatic heterocycles. The standard InChI is InChI=1S/C16H19N3O2/c20-15-13(5-3-8-17-15)16(21)18-9-7-12-10-11-4-1-2-6-14(11)19-12/h1-2,4,6,10,13,19H,3,5,7-9H2,(H,17,20)(H,18,21). The van der Waals surface area contributed by atoms with Crippen molar-refractivity contribution in [2.45, 2.75) is 19.3 Å². The number of aromatic nitrogens is 1.